The van der Waals surface area contributed by atoms with Gasteiger partial charge in [0, 0.05) is 33.8 Å². The third kappa shape index (κ3) is 4.51. The number of nitrogens with zero attached hydrogens (tertiary/aromatic N) is 3. The summed E-state index contributed by atoms with van der Waals surface area (Å²) >= 11 is 1.46. The van der Waals surface area contributed by atoms with Gasteiger partial charge in [0.1, 0.15) is 10.9 Å². The summed E-state index contributed by atoms with van der Waals surface area (Å²) in [5.41, 5.74) is 5.21. The smallest absolute Gasteiger partial charge is 0.336 e. The van der Waals surface area contributed by atoms with E-state index in [1.165, 1.54) is 25.6 Å². The Morgan fingerprint density at radius 1 is 1.03 bits per heavy atom. The average molecular weight is 486 g/mol. The first-order chi connectivity index (χ1) is 16.9. The predicted octanol–water partition coefficient (Wildman–Crippen LogP) is 5.14. The van der Waals surface area contributed by atoms with E-state index in [4.69, 9.17) is 19.7 Å². The number of carbonyl (C=O) groups excluding carboxylic acids is 2. The molecule has 1 aliphatic heterocycles. The van der Waals surface area contributed by atoms with Gasteiger partial charge in [0.25, 0.3) is 0 Å². The molecule has 8 heteroatoms. The monoisotopic (exact) mass is 485 g/mol. The lowest BCUT2D eigenvalue weighted by Crippen LogP contribution is -2.36. The van der Waals surface area contributed by atoms with E-state index >= 15 is 0 Å². The van der Waals surface area contributed by atoms with Gasteiger partial charge in [0.05, 0.1) is 37.1 Å². The van der Waals surface area contributed by atoms with Gasteiger partial charge in [-0.1, -0.05) is 36.4 Å². The molecule has 0 saturated heterocycles. The maximum atomic E-state index is 12.9. The molecule has 0 radical (unpaired) electrons. The van der Waals surface area contributed by atoms with Crippen LogP contribution in [0.15, 0.2) is 70.2 Å². The van der Waals surface area contributed by atoms with E-state index in [9.17, 15) is 9.59 Å². The topological polar surface area (TPSA) is 102 Å². The number of ether oxygens (including phenoxy) is 2. The van der Waals surface area contributed by atoms with Gasteiger partial charge >= 0.3 is 11.9 Å². The second-order valence-corrected chi connectivity index (χ2v) is 8.89. The van der Waals surface area contributed by atoms with Gasteiger partial charge in [-0.05, 0) is 31.5 Å². The summed E-state index contributed by atoms with van der Waals surface area (Å²) in [5.74, 6) is -2.44. The molecule has 7 nitrogen and oxygen atoms in total. The first-order valence-corrected chi connectivity index (χ1v) is 11.7. The van der Waals surface area contributed by atoms with Gasteiger partial charge in [-0.2, -0.15) is 5.26 Å². The number of nitriles is 1. The molecule has 0 aliphatic carbocycles. The second kappa shape index (κ2) is 10.0. The lowest BCUT2D eigenvalue weighted by atomic mass is 9.74. The van der Waals surface area contributed by atoms with Gasteiger partial charge < -0.3 is 9.47 Å². The highest BCUT2D eigenvalue weighted by molar-refractivity contribution is 7.13. The van der Waals surface area contributed by atoms with Crippen LogP contribution in [0.1, 0.15) is 30.9 Å². The summed E-state index contributed by atoms with van der Waals surface area (Å²) in [5, 5.41) is 11.7. The zero-order chi connectivity index (χ0) is 25.1. The largest absolute Gasteiger partial charge is 0.468 e. The summed E-state index contributed by atoms with van der Waals surface area (Å²) in [4.78, 5) is 35.1. The zero-order valence-electron chi connectivity index (χ0n) is 19.7. The van der Waals surface area contributed by atoms with Crippen molar-refractivity contribution in [3.05, 3.63) is 76.3 Å². The lowest BCUT2D eigenvalue weighted by molar-refractivity contribution is -0.143. The van der Waals surface area contributed by atoms with Gasteiger partial charge in [-0.25, -0.2) is 9.78 Å². The molecule has 3 aromatic rings. The summed E-state index contributed by atoms with van der Waals surface area (Å²) in [6.07, 6.45) is 0. The Labute approximate surface area is 207 Å². The molecule has 2 heterocycles. The summed E-state index contributed by atoms with van der Waals surface area (Å²) in [6, 6.07) is 16.9. The third-order valence-electron chi connectivity index (χ3n) is 6.03. The quantitative estimate of drug-likeness (QED) is 0.464. The van der Waals surface area contributed by atoms with Crippen molar-refractivity contribution in [3.63, 3.8) is 0 Å². The maximum absolute atomic E-state index is 12.9. The van der Waals surface area contributed by atoms with E-state index < -0.39 is 23.8 Å². The van der Waals surface area contributed by atoms with Crippen LogP contribution in [0.25, 0.3) is 21.8 Å². The van der Waals surface area contributed by atoms with Crippen molar-refractivity contribution in [1.82, 2.24) is 4.98 Å². The molecule has 0 spiro atoms. The van der Waals surface area contributed by atoms with Gasteiger partial charge in [0.2, 0.25) is 0 Å². The van der Waals surface area contributed by atoms with Crippen LogP contribution >= 0.6 is 11.3 Å². The molecule has 1 aromatic heterocycles. The average Bonchev–Trinajstić information content (AvgIpc) is 3.37. The van der Waals surface area contributed by atoms with E-state index in [1.54, 1.807) is 26.0 Å². The van der Waals surface area contributed by atoms with Crippen LogP contribution in [-0.4, -0.2) is 36.9 Å². The highest BCUT2D eigenvalue weighted by Crippen LogP contribution is 2.44. The minimum Gasteiger partial charge on any atom is -0.468 e. The van der Waals surface area contributed by atoms with Crippen molar-refractivity contribution in [2.75, 3.05) is 14.2 Å². The van der Waals surface area contributed by atoms with Crippen LogP contribution in [0.5, 0.6) is 0 Å². The number of thiazole rings is 1. The van der Waals surface area contributed by atoms with Crippen molar-refractivity contribution >= 4 is 29.0 Å². The number of hydrogen-bond acceptors (Lipinski definition) is 8. The predicted molar refractivity (Wildman–Crippen MR) is 134 cm³/mol. The van der Waals surface area contributed by atoms with E-state index in [-0.39, 0.29) is 0 Å². The fourth-order valence-corrected chi connectivity index (χ4v) is 5.26. The molecule has 2 unspecified atom stereocenters. The Bertz CT molecular complexity index is 1400. The van der Waals surface area contributed by atoms with Crippen LogP contribution in [0.3, 0.4) is 0 Å². The fourth-order valence-electron chi connectivity index (χ4n) is 4.39. The standard InChI is InChI=1S/C27H23N3O4S/c1-15-22(26(31)33-3)24(23(16(2)29-15)27(32)34-4)19-7-5-6-8-20(19)25-30-21(14-35-25)18-11-9-17(13-28)10-12-18/h5-12,14,22,24H,1-4H3. The molecule has 35 heavy (non-hydrogen) atoms. The van der Waals surface area contributed by atoms with Crippen LogP contribution in [0.2, 0.25) is 0 Å². The second-order valence-electron chi connectivity index (χ2n) is 8.04. The van der Waals surface area contributed by atoms with Crippen LogP contribution in [0, 0.1) is 17.2 Å². The molecule has 0 amide bonds. The number of carbonyl (C=O) groups is 2. The Morgan fingerprint density at radius 2 is 1.74 bits per heavy atom. The van der Waals surface area contributed by atoms with Gasteiger partial charge in [-0.15, -0.1) is 11.3 Å². The number of esters is 2. The first kappa shape index (κ1) is 24.0. The molecule has 0 N–H and O–H groups in total. The number of hydrogen-bond donors (Lipinski definition) is 0. The highest BCUT2D eigenvalue weighted by Gasteiger charge is 2.43. The van der Waals surface area contributed by atoms with Crippen LogP contribution in [0.4, 0.5) is 0 Å². The number of rotatable bonds is 5. The molecular weight excluding hydrogens is 462 g/mol. The number of benzene rings is 2. The van der Waals surface area contributed by atoms with Crippen molar-refractivity contribution in [2.24, 2.45) is 10.9 Å². The summed E-state index contributed by atoms with van der Waals surface area (Å²) in [6.45, 7) is 3.51. The molecule has 2 atom stereocenters. The van der Waals surface area contributed by atoms with E-state index in [0.717, 1.165) is 27.4 Å². The van der Waals surface area contributed by atoms with E-state index in [0.29, 0.717) is 22.5 Å². The normalized spacial score (nSPS) is 17.4. The van der Waals surface area contributed by atoms with E-state index in [1.807, 2.05) is 41.8 Å². The zero-order valence-corrected chi connectivity index (χ0v) is 20.6. The van der Waals surface area contributed by atoms with E-state index in [2.05, 4.69) is 11.1 Å². The fraction of sp³-hybridized carbons (Fsp3) is 0.222. The molecule has 1 aliphatic rings. The van der Waals surface area contributed by atoms with Crippen molar-refractivity contribution < 1.29 is 19.1 Å². The SMILES string of the molecule is COC(=O)C1=C(C)N=C(C)C(C(=O)OC)C1c1ccccc1-c1nc(-c2ccc(C#N)cc2)cs1. The Balaban J connectivity index is 1.86. The Morgan fingerprint density at radius 3 is 2.40 bits per heavy atom. The molecule has 0 bridgehead atoms. The van der Waals surface area contributed by atoms with Gasteiger partial charge in [-0.3, -0.25) is 9.79 Å². The van der Waals surface area contributed by atoms with Crippen molar-refractivity contribution in [1.29, 1.82) is 5.26 Å². The summed E-state index contributed by atoms with van der Waals surface area (Å²) in [7, 11) is 2.64. The molecular formula is C27H23N3O4S. The minimum atomic E-state index is -0.781. The molecule has 2 aromatic carbocycles. The number of methoxy groups -OCH3 is 2. The highest BCUT2D eigenvalue weighted by atomic mass is 32.1. The van der Waals surface area contributed by atoms with Crippen molar-refractivity contribution in [2.45, 2.75) is 19.8 Å². The number of aliphatic imine (C=N–C) groups is 1. The molecule has 0 saturated carbocycles. The number of aromatic nitrogens is 1. The lowest BCUT2D eigenvalue weighted by Gasteiger charge is -2.32. The molecule has 176 valence electrons. The van der Waals surface area contributed by atoms with Crippen LogP contribution in [-0.2, 0) is 19.1 Å². The maximum Gasteiger partial charge on any atom is 0.336 e. The van der Waals surface area contributed by atoms with Crippen molar-refractivity contribution in [3.8, 4) is 27.9 Å². The minimum absolute atomic E-state index is 0.324. The Kier molecular flexibility index (Phi) is 6.90. The Hall–Kier alpha value is -4.09. The molecule has 4 rings (SSSR count). The first-order valence-electron chi connectivity index (χ1n) is 10.9. The van der Waals surface area contributed by atoms with Crippen LogP contribution < -0.4 is 0 Å². The third-order valence-corrected chi connectivity index (χ3v) is 6.90. The van der Waals surface area contributed by atoms with Gasteiger partial charge in [0.15, 0.2) is 0 Å². The number of allylic oxidation sites excluding steroid dienone is 1. The summed E-state index contributed by atoms with van der Waals surface area (Å²) < 4.78 is 10.2. The molecule has 0 fully saturated rings.